The van der Waals surface area contributed by atoms with Crippen molar-refractivity contribution in [2.75, 3.05) is 11.4 Å². The molecule has 1 saturated carbocycles. The van der Waals surface area contributed by atoms with Gasteiger partial charge in [-0.1, -0.05) is 20.8 Å². The first kappa shape index (κ1) is 34.7. The van der Waals surface area contributed by atoms with Gasteiger partial charge < -0.3 is 0 Å². The average molecular weight is 910 g/mol. The monoisotopic (exact) mass is 909 g/mol. The van der Waals surface area contributed by atoms with Crippen molar-refractivity contribution in [2.45, 2.75) is 38.5 Å². The van der Waals surface area contributed by atoms with Gasteiger partial charge in [0.05, 0.1) is 0 Å². The number of benzene rings is 6. The number of ether oxygens (including phenoxy) is 1. The Hall–Kier alpha value is -5.77. The molecule has 6 heteroatoms. The third-order valence-corrected chi connectivity index (χ3v) is 12.4. The van der Waals surface area contributed by atoms with E-state index in [4.69, 9.17) is 9.72 Å². The number of para-hydroxylation sites is 3. The van der Waals surface area contributed by atoms with Crippen LogP contribution in [0.5, 0.6) is 11.5 Å². The molecule has 10 rings (SSSR count). The summed E-state index contributed by atoms with van der Waals surface area (Å²) in [6, 6.07) is 56.2. The quantitative estimate of drug-likeness (QED) is 0.160. The molecule has 278 valence electrons. The number of aromatic nitrogens is 3. The minimum atomic E-state index is 0.0477. The first-order valence-electron chi connectivity index (χ1n) is 19.4. The predicted molar refractivity (Wildman–Crippen MR) is 224 cm³/mol. The molecule has 3 heterocycles. The second-order valence-corrected chi connectivity index (χ2v) is 17.0. The second kappa shape index (κ2) is 13.8. The van der Waals surface area contributed by atoms with Crippen LogP contribution in [0.25, 0.3) is 44.7 Å². The maximum absolute atomic E-state index is 6.75. The van der Waals surface area contributed by atoms with Gasteiger partial charge in [0, 0.05) is 6.20 Å². The molecule has 2 unspecified atom stereocenters. The van der Waals surface area contributed by atoms with Crippen molar-refractivity contribution in [2.24, 2.45) is 5.92 Å². The van der Waals surface area contributed by atoms with Gasteiger partial charge in [0.25, 0.3) is 0 Å². The predicted octanol–water partition coefficient (Wildman–Crippen LogP) is 12.6. The maximum atomic E-state index is 6.75. The van der Waals surface area contributed by atoms with Gasteiger partial charge in [-0.25, -0.2) is 0 Å². The summed E-state index contributed by atoms with van der Waals surface area (Å²) in [6.45, 7) is 7.76. The van der Waals surface area contributed by atoms with E-state index in [0.717, 1.165) is 50.1 Å². The van der Waals surface area contributed by atoms with Gasteiger partial charge in [-0.2, -0.15) is 0 Å². The molecule has 1 aliphatic carbocycles. The van der Waals surface area contributed by atoms with E-state index < -0.39 is 0 Å². The van der Waals surface area contributed by atoms with Crippen molar-refractivity contribution in [3.05, 3.63) is 179 Å². The van der Waals surface area contributed by atoms with Crippen molar-refractivity contribution < 1.29 is 24.1 Å². The molecule has 2 aliphatic rings. The zero-order valence-corrected chi connectivity index (χ0v) is 33.9. The summed E-state index contributed by atoms with van der Waals surface area (Å²) in [6.07, 6.45) is 3.19. The van der Waals surface area contributed by atoms with Crippen molar-refractivity contribution in [1.82, 2.24) is 14.1 Å². The number of anilines is 2. The molecule has 2 atom stereocenters. The van der Waals surface area contributed by atoms with Crippen LogP contribution in [0, 0.1) is 9.72 Å². The van der Waals surface area contributed by atoms with Gasteiger partial charge in [0.2, 0.25) is 0 Å². The third kappa shape index (κ3) is 6.15. The minimum absolute atomic E-state index is 0.0477. The Bertz CT molecular complexity index is 2760. The van der Waals surface area contributed by atoms with E-state index in [1.165, 1.54) is 45.5 Å². The Morgan fingerprint density at radius 2 is 1.29 bits per heavy atom. The number of nitrogens with zero attached hydrogens (tertiary/aromatic N) is 4. The average Bonchev–Trinajstić information content (AvgIpc) is 3.96. The number of pyridine rings is 1. The summed E-state index contributed by atoms with van der Waals surface area (Å²) < 4.78 is 12.6. The van der Waals surface area contributed by atoms with Crippen LogP contribution in [-0.4, -0.2) is 20.7 Å². The molecule has 2 aromatic heterocycles. The Morgan fingerprint density at radius 1 is 0.643 bits per heavy atom. The standard InChI is InChI=1S/C50H42N4O.Pt/c1-50(2,3)37-26-27-51-48(29-37)52-32-36-28-44(36)43-25-24-40(31-47(43)52)55-39-19-12-18-38(30-39)53-33-54(46-23-11-10-22-45(46)53)49-41(34-14-6-4-7-15-34)20-13-21-42(49)35-16-8-5-9-17-35;/h4-27,29-31,36,44H,28,32H2,1-3H3;. The van der Waals surface area contributed by atoms with Crippen LogP contribution < -0.4 is 9.64 Å². The Labute approximate surface area is 338 Å². The second-order valence-electron chi connectivity index (χ2n) is 16.0. The molecule has 6 aromatic carbocycles. The SMILES string of the molecule is CC(C)(C)c1ccnc(N2CC3CC3c3ccc(Oc4cccc(-n5[c](=[Pt])n(-c6c(-c7ccccc7)cccc6-c6ccccc6)c6ccccc65)c4)cc32)c1. The molecule has 0 saturated heterocycles. The van der Waals surface area contributed by atoms with Crippen molar-refractivity contribution in [1.29, 1.82) is 0 Å². The topological polar surface area (TPSA) is 35.2 Å². The number of imidazole rings is 1. The van der Waals surface area contributed by atoms with E-state index in [0.29, 0.717) is 11.8 Å². The van der Waals surface area contributed by atoms with Gasteiger partial charge in [-0.15, -0.1) is 0 Å². The molecule has 0 amide bonds. The summed E-state index contributed by atoms with van der Waals surface area (Å²) in [5.74, 6) is 3.92. The molecule has 0 bridgehead atoms. The van der Waals surface area contributed by atoms with Crippen LogP contribution in [0.3, 0.4) is 0 Å². The van der Waals surface area contributed by atoms with E-state index in [9.17, 15) is 0 Å². The fourth-order valence-electron chi connectivity index (χ4n) is 8.42. The van der Waals surface area contributed by atoms with E-state index in [1.54, 1.807) is 0 Å². The molecule has 1 aliphatic heterocycles. The number of rotatable bonds is 7. The van der Waals surface area contributed by atoms with Crippen LogP contribution in [0.1, 0.15) is 44.2 Å². The summed E-state index contributed by atoms with van der Waals surface area (Å²) in [4.78, 5) is 7.28. The zero-order chi connectivity index (χ0) is 38.0. The van der Waals surface area contributed by atoms with Crippen LogP contribution in [0.4, 0.5) is 11.5 Å². The molecule has 8 aromatic rings. The normalized spacial score (nSPS) is 16.1. The molecule has 56 heavy (non-hydrogen) atoms. The van der Waals surface area contributed by atoms with Crippen LogP contribution in [0.15, 0.2) is 164 Å². The number of hydrogen-bond donors (Lipinski definition) is 0. The van der Waals surface area contributed by atoms with Crippen LogP contribution in [-0.2, 0) is 24.8 Å². The molecule has 0 spiro atoms. The summed E-state index contributed by atoms with van der Waals surface area (Å²) in [7, 11) is 0. The van der Waals surface area contributed by atoms with E-state index in [-0.39, 0.29) is 5.41 Å². The summed E-state index contributed by atoms with van der Waals surface area (Å²) in [5.41, 5.74) is 13.1. The molecular weight excluding hydrogens is 868 g/mol. The fourth-order valence-corrected chi connectivity index (χ4v) is 9.52. The van der Waals surface area contributed by atoms with Crippen molar-refractivity contribution in [3.63, 3.8) is 0 Å². The van der Waals surface area contributed by atoms with Crippen LogP contribution >= 0.6 is 0 Å². The number of hydrogen-bond acceptors (Lipinski definition) is 3. The van der Waals surface area contributed by atoms with Crippen molar-refractivity contribution in [3.8, 4) is 45.1 Å². The van der Waals surface area contributed by atoms with Gasteiger partial charge in [-0.3, -0.25) is 0 Å². The van der Waals surface area contributed by atoms with E-state index in [1.807, 2.05) is 6.20 Å². The number of fused-ring (bicyclic) bond motifs is 4. The summed E-state index contributed by atoms with van der Waals surface area (Å²) >= 11 is 2.50. The van der Waals surface area contributed by atoms with E-state index >= 15 is 0 Å². The van der Waals surface area contributed by atoms with Gasteiger partial charge in [0.15, 0.2) is 0 Å². The Kier molecular flexibility index (Phi) is 8.52. The van der Waals surface area contributed by atoms with Crippen LogP contribution in [0.2, 0.25) is 0 Å². The fraction of sp³-hybridized carbons (Fsp3) is 0.160. The van der Waals surface area contributed by atoms with Crippen molar-refractivity contribution >= 4 is 22.5 Å². The zero-order valence-electron chi connectivity index (χ0n) is 31.7. The van der Waals surface area contributed by atoms with Gasteiger partial charge in [0.1, 0.15) is 0 Å². The van der Waals surface area contributed by atoms with Gasteiger partial charge in [-0.05, 0) is 17.0 Å². The molecule has 0 radical (unpaired) electrons. The Morgan fingerprint density at radius 3 is 1.98 bits per heavy atom. The first-order valence-corrected chi connectivity index (χ1v) is 20.5. The van der Waals surface area contributed by atoms with Gasteiger partial charge >= 0.3 is 297 Å². The first-order chi connectivity index (χ1) is 27.3. The molecule has 1 fully saturated rings. The van der Waals surface area contributed by atoms with E-state index in [2.05, 4.69) is 212 Å². The molecule has 0 N–H and O–H groups in total. The third-order valence-electron chi connectivity index (χ3n) is 11.4. The summed E-state index contributed by atoms with van der Waals surface area (Å²) in [5, 5.41) is 0. The molecular formula is C50H42N4OPt. The Balaban J connectivity index is 1.07. The molecule has 5 nitrogen and oxygen atoms in total.